The van der Waals surface area contributed by atoms with Crippen LogP contribution in [0.4, 0.5) is 0 Å². The molecule has 0 aromatic heterocycles. The SMILES string of the molecule is CC(C)(CNC(=O)CCN1C(=O)C=CC1=O)OCI. The number of halogens is 1. The van der Waals surface area contributed by atoms with Crippen LogP contribution < -0.4 is 5.32 Å². The smallest absolute Gasteiger partial charge is 0.253 e. The molecule has 0 aromatic carbocycles. The molecule has 106 valence electrons. The van der Waals surface area contributed by atoms with Gasteiger partial charge in [0.2, 0.25) is 5.91 Å². The van der Waals surface area contributed by atoms with Crippen LogP contribution in [0.3, 0.4) is 0 Å². The molecular formula is C12H17IN2O4. The van der Waals surface area contributed by atoms with Gasteiger partial charge in [0.05, 0.1) is 10.2 Å². The number of nitrogens with one attached hydrogen (secondary N) is 1. The van der Waals surface area contributed by atoms with Gasteiger partial charge in [-0.05, 0) is 13.8 Å². The van der Waals surface area contributed by atoms with E-state index in [0.717, 1.165) is 4.90 Å². The van der Waals surface area contributed by atoms with E-state index in [1.807, 2.05) is 13.8 Å². The minimum Gasteiger partial charge on any atom is -0.363 e. The van der Waals surface area contributed by atoms with Crippen molar-refractivity contribution in [2.24, 2.45) is 0 Å². The Bertz CT molecular complexity index is 389. The maximum Gasteiger partial charge on any atom is 0.253 e. The lowest BCUT2D eigenvalue weighted by atomic mass is 10.1. The molecule has 0 unspecified atom stereocenters. The average Bonchev–Trinajstić information content (AvgIpc) is 2.64. The quantitative estimate of drug-likeness (QED) is 0.399. The molecule has 19 heavy (non-hydrogen) atoms. The summed E-state index contributed by atoms with van der Waals surface area (Å²) in [5.74, 6) is -0.949. The van der Waals surface area contributed by atoms with Crippen molar-refractivity contribution in [2.45, 2.75) is 25.9 Å². The maximum absolute atomic E-state index is 11.6. The Hall–Kier alpha value is -0.960. The fraction of sp³-hybridized carbons (Fsp3) is 0.583. The molecular weight excluding hydrogens is 363 g/mol. The molecule has 0 saturated carbocycles. The van der Waals surface area contributed by atoms with Crippen LogP contribution in [0.15, 0.2) is 12.2 Å². The first kappa shape index (κ1) is 16.1. The van der Waals surface area contributed by atoms with Gasteiger partial charge in [-0.1, -0.05) is 22.6 Å². The summed E-state index contributed by atoms with van der Waals surface area (Å²) in [5.41, 5.74) is -0.433. The molecule has 0 spiro atoms. The highest BCUT2D eigenvalue weighted by molar-refractivity contribution is 14.1. The molecule has 1 aliphatic rings. The van der Waals surface area contributed by atoms with E-state index >= 15 is 0 Å². The summed E-state index contributed by atoms with van der Waals surface area (Å²) in [7, 11) is 0. The number of hydrogen-bond acceptors (Lipinski definition) is 4. The molecule has 3 amide bonds. The number of amides is 3. The second-order valence-corrected chi connectivity index (χ2v) is 5.32. The summed E-state index contributed by atoms with van der Waals surface area (Å²) < 4.78 is 5.98. The molecule has 0 bridgehead atoms. The standard InChI is InChI=1S/C12H17IN2O4/c1-12(2,19-8-13)7-14-9(16)5-6-15-10(17)3-4-11(15)18/h3-4H,5-8H2,1-2H3,(H,14,16). The van der Waals surface area contributed by atoms with E-state index in [4.69, 9.17) is 4.74 Å². The molecule has 0 aromatic rings. The van der Waals surface area contributed by atoms with Gasteiger partial charge in [-0.2, -0.15) is 0 Å². The molecule has 0 atom stereocenters. The van der Waals surface area contributed by atoms with Gasteiger partial charge in [0.25, 0.3) is 11.8 Å². The highest BCUT2D eigenvalue weighted by atomic mass is 127. The number of ether oxygens (including phenoxy) is 1. The van der Waals surface area contributed by atoms with Crippen LogP contribution in [0, 0.1) is 0 Å². The summed E-state index contributed by atoms with van der Waals surface area (Å²) in [6.07, 6.45) is 2.51. The molecule has 6 nitrogen and oxygen atoms in total. The molecule has 1 aliphatic heterocycles. The third kappa shape index (κ3) is 5.27. The number of alkyl halides is 1. The molecule has 1 rings (SSSR count). The first-order chi connectivity index (χ1) is 8.85. The van der Waals surface area contributed by atoms with Gasteiger partial charge in [0, 0.05) is 31.7 Å². The van der Waals surface area contributed by atoms with Crippen molar-refractivity contribution in [3.63, 3.8) is 0 Å². The first-order valence-corrected chi connectivity index (χ1v) is 7.38. The Morgan fingerprint density at radius 1 is 1.37 bits per heavy atom. The fourth-order valence-corrected chi connectivity index (χ4v) is 2.31. The number of hydrogen-bond donors (Lipinski definition) is 1. The van der Waals surface area contributed by atoms with Crippen LogP contribution in [-0.4, -0.2) is 45.9 Å². The fourth-order valence-electron chi connectivity index (χ4n) is 1.46. The van der Waals surface area contributed by atoms with Crippen LogP contribution in [0.2, 0.25) is 0 Å². The Kier molecular flexibility index (Phi) is 5.92. The van der Waals surface area contributed by atoms with Crippen molar-refractivity contribution in [1.82, 2.24) is 10.2 Å². The molecule has 1 heterocycles. The van der Waals surface area contributed by atoms with E-state index in [-0.39, 0.29) is 30.7 Å². The third-order valence-corrected chi connectivity index (χ3v) is 2.93. The van der Waals surface area contributed by atoms with E-state index in [2.05, 4.69) is 27.9 Å². The van der Waals surface area contributed by atoms with Crippen LogP contribution in [-0.2, 0) is 19.1 Å². The Morgan fingerprint density at radius 3 is 2.47 bits per heavy atom. The Balaban J connectivity index is 2.29. The van der Waals surface area contributed by atoms with Crippen molar-refractivity contribution < 1.29 is 19.1 Å². The zero-order valence-corrected chi connectivity index (χ0v) is 13.1. The van der Waals surface area contributed by atoms with Gasteiger partial charge < -0.3 is 10.1 Å². The van der Waals surface area contributed by atoms with Crippen LogP contribution in [0.1, 0.15) is 20.3 Å². The van der Waals surface area contributed by atoms with E-state index < -0.39 is 5.60 Å². The van der Waals surface area contributed by atoms with Crippen LogP contribution in [0.5, 0.6) is 0 Å². The lowest BCUT2D eigenvalue weighted by Gasteiger charge is -2.24. The monoisotopic (exact) mass is 380 g/mol. The highest BCUT2D eigenvalue weighted by Gasteiger charge is 2.24. The second kappa shape index (κ2) is 6.99. The number of nitrogens with zero attached hydrogens (tertiary/aromatic N) is 1. The largest absolute Gasteiger partial charge is 0.363 e. The maximum atomic E-state index is 11.6. The number of carbonyl (C=O) groups excluding carboxylic acids is 3. The Morgan fingerprint density at radius 2 is 1.95 bits per heavy atom. The summed E-state index contributed by atoms with van der Waals surface area (Å²) in [5, 5.41) is 2.72. The zero-order chi connectivity index (χ0) is 14.5. The molecule has 0 saturated heterocycles. The molecule has 0 radical (unpaired) electrons. The van der Waals surface area contributed by atoms with Crippen molar-refractivity contribution in [1.29, 1.82) is 0 Å². The molecule has 7 heteroatoms. The van der Waals surface area contributed by atoms with Gasteiger partial charge in [-0.3, -0.25) is 19.3 Å². The summed E-state index contributed by atoms with van der Waals surface area (Å²) in [4.78, 5) is 35.2. The minimum atomic E-state index is -0.433. The number of imide groups is 1. The van der Waals surface area contributed by atoms with Crippen molar-refractivity contribution in [3.8, 4) is 0 Å². The lowest BCUT2D eigenvalue weighted by Crippen LogP contribution is -2.41. The van der Waals surface area contributed by atoms with Gasteiger partial charge in [-0.15, -0.1) is 0 Å². The van der Waals surface area contributed by atoms with Crippen molar-refractivity contribution in [2.75, 3.05) is 17.7 Å². The zero-order valence-electron chi connectivity index (χ0n) is 10.9. The first-order valence-electron chi connectivity index (χ1n) is 5.86. The second-order valence-electron chi connectivity index (χ2n) is 4.70. The van der Waals surface area contributed by atoms with Crippen molar-refractivity contribution >= 4 is 40.3 Å². The van der Waals surface area contributed by atoms with Gasteiger partial charge in [0.15, 0.2) is 0 Å². The van der Waals surface area contributed by atoms with E-state index in [9.17, 15) is 14.4 Å². The van der Waals surface area contributed by atoms with Gasteiger partial charge in [-0.25, -0.2) is 0 Å². The van der Waals surface area contributed by atoms with Crippen molar-refractivity contribution in [3.05, 3.63) is 12.2 Å². The predicted molar refractivity (Wildman–Crippen MR) is 77.5 cm³/mol. The predicted octanol–water partition coefficient (Wildman–Crippen LogP) is 0.605. The molecule has 0 fully saturated rings. The molecule has 1 N–H and O–H groups in total. The number of rotatable bonds is 7. The van der Waals surface area contributed by atoms with E-state index in [0.29, 0.717) is 11.2 Å². The van der Waals surface area contributed by atoms with Crippen LogP contribution in [0.25, 0.3) is 0 Å². The van der Waals surface area contributed by atoms with E-state index in [1.54, 1.807) is 0 Å². The lowest BCUT2D eigenvalue weighted by molar-refractivity contribution is -0.137. The summed E-state index contributed by atoms with van der Waals surface area (Å²) in [6.45, 7) is 4.24. The highest BCUT2D eigenvalue weighted by Crippen LogP contribution is 2.09. The normalized spacial score (nSPS) is 15.2. The van der Waals surface area contributed by atoms with Crippen LogP contribution >= 0.6 is 22.6 Å². The molecule has 0 aliphatic carbocycles. The van der Waals surface area contributed by atoms with Gasteiger partial charge in [0.1, 0.15) is 0 Å². The number of carbonyl (C=O) groups is 3. The minimum absolute atomic E-state index is 0.0967. The van der Waals surface area contributed by atoms with Gasteiger partial charge >= 0.3 is 0 Å². The summed E-state index contributed by atoms with van der Waals surface area (Å²) >= 11 is 2.09. The third-order valence-electron chi connectivity index (χ3n) is 2.62. The average molecular weight is 380 g/mol. The van der Waals surface area contributed by atoms with E-state index in [1.165, 1.54) is 12.2 Å². The Labute approximate surface area is 125 Å². The topological polar surface area (TPSA) is 75.7 Å². The summed E-state index contributed by atoms with van der Waals surface area (Å²) in [6, 6.07) is 0.